The molecule has 0 amide bonds. The van der Waals surface area contributed by atoms with Crippen LogP contribution in [0.4, 0.5) is 0 Å². The molecular formula is C17H19NO3S. The number of nitrogens with one attached hydrogen (secondary N) is 1. The first kappa shape index (κ1) is 15.0. The SMILES string of the molecule is COC(=O)C1=C(C)NC2=C(C(=O)CCC2)[C@H]1c1ccc(C)s1. The van der Waals surface area contributed by atoms with Crippen molar-refractivity contribution in [2.24, 2.45) is 0 Å². The zero-order chi connectivity index (χ0) is 15.9. The second-order valence-corrected chi connectivity index (χ2v) is 7.03. The number of allylic oxidation sites excluding steroid dienone is 3. The Morgan fingerprint density at radius 1 is 1.32 bits per heavy atom. The maximum Gasteiger partial charge on any atom is 0.336 e. The van der Waals surface area contributed by atoms with Gasteiger partial charge in [0.15, 0.2) is 5.78 Å². The second-order valence-electron chi connectivity index (χ2n) is 5.71. The topological polar surface area (TPSA) is 55.4 Å². The van der Waals surface area contributed by atoms with Crippen LogP contribution in [0.5, 0.6) is 0 Å². The van der Waals surface area contributed by atoms with Crippen LogP contribution >= 0.6 is 11.3 Å². The number of hydrogen-bond acceptors (Lipinski definition) is 5. The Labute approximate surface area is 133 Å². The highest BCUT2D eigenvalue weighted by molar-refractivity contribution is 7.12. The number of ether oxygens (including phenoxy) is 1. The molecule has 0 saturated carbocycles. The lowest BCUT2D eigenvalue weighted by atomic mass is 9.78. The van der Waals surface area contributed by atoms with Gasteiger partial charge in [0, 0.05) is 33.1 Å². The lowest BCUT2D eigenvalue weighted by Gasteiger charge is -2.33. The Bertz CT molecular complexity index is 711. The van der Waals surface area contributed by atoms with Crippen LogP contribution in [-0.2, 0) is 14.3 Å². The molecule has 1 aromatic heterocycles. The van der Waals surface area contributed by atoms with E-state index in [-0.39, 0.29) is 17.7 Å². The number of aryl methyl sites for hydroxylation is 1. The summed E-state index contributed by atoms with van der Waals surface area (Å²) in [7, 11) is 1.38. The van der Waals surface area contributed by atoms with Crippen LogP contribution in [0.25, 0.3) is 0 Å². The standard InChI is InChI=1S/C17H19NO3S/c1-9-7-8-13(22-9)16-14(17(20)21-3)10(2)18-11-5-4-6-12(19)15(11)16/h7-8,16,18H,4-6H2,1-3H3/t16-/m0/s1. The van der Waals surface area contributed by atoms with Gasteiger partial charge in [-0.1, -0.05) is 0 Å². The van der Waals surface area contributed by atoms with E-state index >= 15 is 0 Å². The van der Waals surface area contributed by atoms with Gasteiger partial charge in [0.25, 0.3) is 0 Å². The molecule has 0 aromatic carbocycles. The molecule has 1 atom stereocenters. The summed E-state index contributed by atoms with van der Waals surface area (Å²) in [6.07, 6.45) is 2.27. The third-order valence-electron chi connectivity index (χ3n) is 4.23. The van der Waals surface area contributed by atoms with Crippen molar-refractivity contribution < 1.29 is 14.3 Å². The maximum absolute atomic E-state index is 12.5. The molecule has 1 N–H and O–H groups in total. The second kappa shape index (κ2) is 5.72. The van der Waals surface area contributed by atoms with Gasteiger partial charge in [-0.15, -0.1) is 11.3 Å². The quantitative estimate of drug-likeness (QED) is 0.851. The van der Waals surface area contributed by atoms with Gasteiger partial charge in [-0.2, -0.15) is 0 Å². The monoisotopic (exact) mass is 317 g/mol. The van der Waals surface area contributed by atoms with E-state index in [2.05, 4.69) is 5.32 Å². The van der Waals surface area contributed by atoms with E-state index < -0.39 is 0 Å². The largest absolute Gasteiger partial charge is 0.466 e. The number of Topliss-reactive ketones (excluding diaryl/α,β-unsaturated/α-hetero) is 1. The number of carbonyl (C=O) groups is 2. The van der Waals surface area contributed by atoms with E-state index in [4.69, 9.17) is 4.74 Å². The van der Waals surface area contributed by atoms with Crippen molar-refractivity contribution in [2.75, 3.05) is 7.11 Å². The minimum Gasteiger partial charge on any atom is -0.466 e. The first-order valence-electron chi connectivity index (χ1n) is 7.41. The van der Waals surface area contributed by atoms with Crippen molar-refractivity contribution >= 4 is 23.1 Å². The molecule has 22 heavy (non-hydrogen) atoms. The summed E-state index contributed by atoms with van der Waals surface area (Å²) < 4.78 is 4.97. The third-order valence-corrected chi connectivity index (χ3v) is 5.29. The molecule has 0 unspecified atom stereocenters. The van der Waals surface area contributed by atoms with E-state index in [1.165, 1.54) is 12.0 Å². The van der Waals surface area contributed by atoms with Crippen LogP contribution in [-0.4, -0.2) is 18.9 Å². The average molecular weight is 317 g/mol. The molecular weight excluding hydrogens is 298 g/mol. The summed E-state index contributed by atoms with van der Waals surface area (Å²) in [5, 5.41) is 3.26. The predicted octanol–water partition coefficient (Wildman–Crippen LogP) is 3.20. The molecule has 116 valence electrons. The van der Waals surface area contributed by atoms with Crippen LogP contribution in [0, 0.1) is 6.92 Å². The van der Waals surface area contributed by atoms with Gasteiger partial charge < -0.3 is 10.1 Å². The van der Waals surface area contributed by atoms with E-state index in [1.807, 2.05) is 26.0 Å². The molecule has 0 fully saturated rings. The third kappa shape index (κ3) is 2.39. The van der Waals surface area contributed by atoms with E-state index in [0.717, 1.165) is 34.7 Å². The molecule has 1 aliphatic carbocycles. The first-order valence-corrected chi connectivity index (χ1v) is 8.23. The summed E-state index contributed by atoms with van der Waals surface area (Å²) in [4.78, 5) is 27.0. The summed E-state index contributed by atoms with van der Waals surface area (Å²) in [5.41, 5.74) is 3.06. The maximum atomic E-state index is 12.5. The van der Waals surface area contributed by atoms with Crippen molar-refractivity contribution in [1.29, 1.82) is 0 Å². The normalized spacial score (nSPS) is 21.6. The molecule has 0 bridgehead atoms. The molecule has 1 aliphatic heterocycles. The van der Waals surface area contributed by atoms with Crippen LogP contribution in [0.1, 0.15) is 41.9 Å². The highest BCUT2D eigenvalue weighted by Gasteiger charge is 2.39. The summed E-state index contributed by atoms with van der Waals surface area (Å²) in [6, 6.07) is 4.04. The molecule has 2 aliphatic rings. The molecule has 3 rings (SSSR count). The van der Waals surface area contributed by atoms with Gasteiger partial charge in [-0.05, 0) is 38.8 Å². The number of dihydropyridines is 1. The lowest BCUT2D eigenvalue weighted by molar-refractivity contribution is -0.136. The lowest BCUT2D eigenvalue weighted by Crippen LogP contribution is -2.33. The number of thiophene rings is 1. The average Bonchev–Trinajstić information content (AvgIpc) is 2.91. The van der Waals surface area contributed by atoms with Crippen LogP contribution in [0.2, 0.25) is 0 Å². The fourth-order valence-corrected chi connectivity index (χ4v) is 4.25. The zero-order valence-corrected chi connectivity index (χ0v) is 13.8. The van der Waals surface area contributed by atoms with E-state index in [1.54, 1.807) is 11.3 Å². The summed E-state index contributed by atoms with van der Waals surface area (Å²) >= 11 is 1.63. The van der Waals surface area contributed by atoms with Crippen LogP contribution < -0.4 is 5.32 Å². The highest BCUT2D eigenvalue weighted by atomic mass is 32.1. The molecule has 5 heteroatoms. The summed E-state index contributed by atoms with van der Waals surface area (Å²) in [5.74, 6) is -0.528. The van der Waals surface area contributed by atoms with Crippen LogP contribution in [0.15, 0.2) is 34.7 Å². The highest BCUT2D eigenvalue weighted by Crippen LogP contribution is 2.44. The molecule has 1 aromatic rings. The fraction of sp³-hybridized carbons (Fsp3) is 0.412. The van der Waals surface area contributed by atoms with Gasteiger partial charge in [0.2, 0.25) is 0 Å². The number of carbonyl (C=O) groups excluding carboxylic acids is 2. The van der Waals surface area contributed by atoms with Crippen molar-refractivity contribution in [3.05, 3.63) is 44.4 Å². The van der Waals surface area contributed by atoms with Crippen molar-refractivity contribution in [3.8, 4) is 0 Å². The van der Waals surface area contributed by atoms with Gasteiger partial charge in [0.1, 0.15) is 0 Å². The molecule has 4 nitrogen and oxygen atoms in total. The molecule has 0 radical (unpaired) electrons. The van der Waals surface area contributed by atoms with Gasteiger partial charge >= 0.3 is 5.97 Å². The Hall–Kier alpha value is -1.88. The van der Waals surface area contributed by atoms with Crippen molar-refractivity contribution in [1.82, 2.24) is 5.32 Å². The fourth-order valence-electron chi connectivity index (χ4n) is 3.26. The zero-order valence-electron chi connectivity index (χ0n) is 13.0. The Morgan fingerprint density at radius 3 is 2.73 bits per heavy atom. The van der Waals surface area contributed by atoms with Gasteiger partial charge in [0.05, 0.1) is 18.6 Å². The number of methoxy groups -OCH3 is 1. The minimum atomic E-state index is -0.369. The van der Waals surface area contributed by atoms with Crippen LogP contribution in [0.3, 0.4) is 0 Å². The van der Waals surface area contributed by atoms with Gasteiger partial charge in [-0.25, -0.2) is 4.79 Å². The Kier molecular flexibility index (Phi) is 3.91. The van der Waals surface area contributed by atoms with Crippen molar-refractivity contribution in [2.45, 2.75) is 39.0 Å². The van der Waals surface area contributed by atoms with Crippen molar-refractivity contribution in [3.63, 3.8) is 0 Å². The van der Waals surface area contributed by atoms with E-state index in [9.17, 15) is 9.59 Å². The minimum absolute atomic E-state index is 0.138. The smallest absolute Gasteiger partial charge is 0.336 e. The first-order chi connectivity index (χ1) is 10.5. The number of rotatable bonds is 2. The number of ketones is 1. The van der Waals surface area contributed by atoms with Gasteiger partial charge in [-0.3, -0.25) is 4.79 Å². The molecule has 2 heterocycles. The van der Waals surface area contributed by atoms with E-state index in [0.29, 0.717) is 12.0 Å². The predicted molar refractivity (Wildman–Crippen MR) is 85.5 cm³/mol. The Morgan fingerprint density at radius 2 is 2.09 bits per heavy atom. The number of hydrogen-bond donors (Lipinski definition) is 1. The molecule has 0 saturated heterocycles. The molecule has 0 spiro atoms. The number of esters is 1. The summed E-state index contributed by atoms with van der Waals surface area (Å²) in [6.45, 7) is 3.91. The Balaban J connectivity index is 2.18.